The van der Waals surface area contributed by atoms with E-state index in [0.717, 1.165) is 11.4 Å². The fraction of sp³-hybridized carbons (Fsp3) is 0.800. The summed E-state index contributed by atoms with van der Waals surface area (Å²) in [5.41, 5.74) is 0. The fourth-order valence-corrected chi connectivity index (χ4v) is 2.18. The highest BCUT2D eigenvalue weighted by Gasteiger charge is 2.20. The first-order chi connectivity index (χ1) is 5.95. The molecule has 0 spiro atoms. The van der Waals surface area contributed by atoms with Crippen molar-refractivity contribution < 1.29 is 13.9 Å². The Morgan fingerprint density at radius 2 is 2.00 bits per heavy atom. The monoisotopic (exact) mass is 267 g/mol. The van der Waals surface area contributed by atoms with Crippen molar-refractivity contribution >= 4 is 47.2 Å². The summed E-state index contributed by atoms with van der Waals surface area (Å²) in [7, 11) is 1.30. The Bertz CT molecular complexity index is 185. The van der Waals surface area contributed by atoms with Crippen LogP contribution in [-0.4, -0.2) is 24.6 Å². The molecule has 1 atom stereocenters. The van der Waals surface area contributed by atoms with Crippen LogP contribution in [0.3, 0.4) is 0 Å². The van der Waals surface area contributed by atoms with E-state index in [9.17, 15) is 9.36 Å². The van der Waals surface area contributed by atoms with E-state index >= 15 is 0 Å². The summed E-state index contributed by atoms with van der Waals surface area (Å²) in [5.74, 6) is -0.348. The van der Waals surface area contributed by atoms with Crippen molar-refractivity contribution in [3.05, 3.63) is 0 Å². The van der Waals surface area contributed by atoms with Gasteiger partial charge in [0, 0.05) is 14.0 Å². The van der Waals surface area contributed by atoms with E-state index in [-0.39, 0.29) is 11.2 Å². The first-order valence-electron chi connectivity index (χ1n) is 3.08. The van der Waals surface area contributed by atoms with Crippen molar-refractivity contribution in [2.24, 2.45) is 0 Å². The highest BCUT2D eigenvalue weighted by molar-refractivity contribution is 8.55. The lowest BCUT2D eigenvalue weighted by atomic mass is 10.8. The molecule has 0 saturated carbocycles. The van der Waals surface area contributed by atoms with Gasteiger partial charge in [0.05, 0.1) is 5.34 Å². The minimum atomic E-state index is -2.92. The van der Waals surface area contributed by atoms with Gasteiger partial charge in [0.15, 0.2) is 0 Å². The van der Waals surface area contributed by atoms with E-state index in [4.69, 9.17) is 23.2 Å². The van der Waals surface area contributed by atoms with Crippen molar-refractivity contribution in [3.8, 4) is 0 Å². The van der Waals surface area contributed by atoms with Crippen molar-refractivity contribution in [2.45, 2.75) is 6.92 Å². The fourth-order valence-electron chi connectivity index (χ4n) is 0.359. The number of amides is 1. The van der Waals surface area contributed by atoms with Gasteiger partial charge in [-0.2, -0.15) is 0 Å². The maximum Gasteiger partial charge on any atom is 0.352 e. The molecular weight excluding hydrogens is 256 g/mol. The summed E-state index contributed by atoms with van der Waals surface area (Å²) < 4.78 is 15.8. The molecule has 0 radical (unpaired) electrons. The summed E-state index contributed by atoms with van der Waals surface area (Å²) in [6, 6.07) is 0. The van der Waals surface area contributed by atoms with Crippen molar-refractivity contribution in [3.63, 3.8) is 0 Å². The van der Waals surface area contributed by atoms with Crippen LogP contribution in [0.5, 0.6) is 0 Å². The highest BCUT2D eigenvalue weighted by Crippen LogP contribution is 2.53. The lowest BCUT2D eigenvalue weighted by molar-refractivity contribution is -0.117. The minimum Gasteiger partial charge on any atom is -0.309 e. The molecule has 4 nitrogen and oxygen atoms in total. The molecule has 0 fully saturated rings. The van der Waals surface area contributed by atoms with E-state index in [1.807, 2.05) is 0 Å². The molecule has 0 aromatic heterocycles. The lowest BCUT2D eigenvalue weighted by Crippen LogP contribution is -2.15. The topological polar surface area (TPSA) is 55.4 Å². The van der Waals surface area contributed by atoms with Gasteiger partial charge in [-0.15, -0.1) is 23.2 Å². The van der Waals surface area contributed by atoms with Gasteiger partial charge >= 0.3 is 6.72 Å². The maximum atomic E-state index is 11.2. The van der Waals surface area contributed by atoms with Crippen LogP contribution in [0.2, 0.25) is 0 Å². The zero-order valence-electron chi connectivity index (χ0n) is 7.54. The zero-order valence-corrected chi connectivity index (χ0v) is 10.8. The minimum absolute atomic E-state index is 0.194. The Morgan fingerprint density at radius 3 is 2.08 bits per heavy atom. The standard InChI is InChI=1S/C4H10NO3PS.CH2Cl2/c1-4(6)5-9(7,8-2)10-3;2-1-3/h1-3H3,(H,5,6,7);1H2. The first-order valence-corrected chi connectivity index (χ1v) is 7.60. The number of rotatable bonds is 3. The van der Waals surface area contributed by atoms with Crippen molar-refractivity contribution in [1.29, 1.82) is 0 Å². The molecule has 1 N–H and O–H groups in total. The third kappa shape index (κ3) is 10.5. The largest absolute Gasteiger partial charge is 0.352 e. The van der Waals surface area contributed by atoms with Crippen molar-refractivity contribution in [2.75, 3.05) is 18.7 Å². The second-order valence-electron chi connectivity index (χ2n) is 1.63. The molecular formula is C5H12Cl2NO3PS. The van der Waals surface area contributed by atoms with Crippen LogP contribution in [0, 0.1) is 0 Å². The summed E-state index contributed by atoms with van der Waals surface area (Å²) in [6.07, 6.45) is 1.61. The predicted molar refractivity (Wildman–Crippen MR) is 58.5 cm³/mol. The van der Waals surface area contributed by atoms with Crippen LogP contribution in [-0.2, 0) is 13.9 Å². The SMILES string of the molecule is COP(=O)(NC(C)=O)SC.ClCCl. The predicted octanol–water partition coefficient (Wildman–Crippen LogP) is 2.66. The smallest absolute Gasteiger partial charge is 0.309 e. The van der Waals surface area contributed by atoms with Gasteiger partial charge in [-0.3, -0.25) is 14.4 Å². The lowest BCUT2D eigenvalue weighted by Gasteiger charge is -2.11. The Hall–Kier alpha value is 0.590. The van der Waals surface area contributed by atoms with E-state index in [1.54, 1.807) is 6.26 Å². The van der Waals surface area contributed by atoms with E-state index in [1.165, 1.54) is 14.0 Å². The Balaban J connectivity index is 0. The van der Waals surface area contributed by atoms with Gasteiger partial charge in [0.1, 0.15) is 0 Å². The molecule has 0 aliphatic rings. The number of nitrogens with one attached hydrogen (secondary N) is 1. The summed E-state index contributed by atoms with van der Waals surface area (Å²) >= 11 is 10.5. The number of alkyl halides is 2. The van der Waals surface area contributed by atoms with Gasteiger partial charge in [-0.05, 0) is 6.26 Å². The molecule has 0 aliphatic carbocycles. The number of carbonyl (C=O) groups is 1. The van der Waals surface area contributed by atoms with Crippen LogP contribution in [0.15, 0.2) is 0 Å². The molecule has 0 saturated heterocycles. The molecule has 0 rings (SSSR count). The van der Waals surface area contributed by atoms with Gasteiger partial charge in [0.25, 0.3) is 0 Å². The van der Waals surface area contributed by atoms with E-state index in [2.05, 4.69) is 9.61 Å². The molecule has 0 aromatic rings. The molecule has 0 heterocycles. The third-order valence-electron chi connectivity index (χ3n) is 0.775. The summed E-state index contributed by atoms with van der Waals surface area (Å²) in [4.78, 5) is 10.4. The van der Waals surface area contributed by atoms with Crippen molar-refractivity contribution in [1.82, 2.24) is 5.09 Å². The number of carbonyl (C=O) groups excluding carboxylic acids is 1. The maximum absolute atomic E-state index is 11.2. The van der Waals surface area contributed by atoms with Crippen LogP contribution >= 0.6 is 41.3 Å². The summed E-state index contributed by atoms with van der Waals surface area (Å²) in [5, 5.41) is 2.41. The Labute approximate surface area is 91.9 Å². The first kappa shape index (κ1) is 16.0. The second kappa shape index (κ2) is 9.16. The highest BCUT2D eigenvalue weighted by atomic mass is 35.5. The Morgan fingerprint density at radius 1 is 1.62 bits per heavy atom. The normalized spacial score (nSPS) is 13.6. The molecule has 0 aromatic carbocycles. The molecule has 0 bridgehead atoms. The van der Waals surface area contributed by atoms with E-state index in [0.29, 0.717) is 0 Å². The van der Waals surface area contributed by atoms with Gasteiger partial charge in [-0.25, -0.2) is 0 Å². The van der Waals surface area contributed by atoms with Crippen LogP contribution in [0.1, 0.15) is 6.92 Å². The van der Waals surface area contributed by atoms with Crippen LogP contribution < -0.4 is 5.09 Å². The van der Waals surface area contributed by atoms with E-state index < -0.39 is 6.72 Å². The molecule has 1 amide bonds. The molecule has 1 unspecified atom stereocenters. The zero-order chi connectivity index (χ0) is 10.9. The molecule has 13 heavy (non-hydrogen) atoms. The molecule has 8 heteroatoms. The number of hydrogen-bond acceptors (Lipinski definition) is 4. The number of halogens is 2. The average molecular weight is 268 g/mol. The van der Waals surface area contributed by atoms with Crippen LogP contribution in [0.25, 0.3) is 0 Å². The van der Waals surface area contributed by atoms with Gasteiger partial charge in [0.2, 0.25) is 5.91 Å². The quantitative estimate of drug-likeness (QED) is 0.631. The van der Waals surface area contributed by atoms with Gasteiger partial charge < -0.3 is 4.52 Å². The second-order valence-corrected chi connectivity index (χ2v) is 6.93. The van der Waals surface area contributed by atoms with Crippen LogP contribution in [0.4, 0.5) is 0 Å². The number of hydrogen-bond donors (Lipinski definition) is 1. The molecule has 0 aliphatic heterocycles. The molecule has 80 valence electrons. The summed E-state index contributed by atoms with van der Waals surface area (Å²) in [6.45, 7) is -1.63. The average Bonchev–Trinajstić information content (AvgIpc) is 2.05. The van der Waals surface area contributed by atoms with Gasteiger partial charge in [-0.1, -0.05) is 11.4 Å². The third-order valence-corrected chi connectivity index (χ3v) is 4.49. The Kier molecular flexibility index (Phi) is 11.3.